The third-order valence-corrected chi connectivity index (χ3v) is 5.07. The normalized spacial score (nSPS) is 14.2. The van der Waals surface area contributed by atoms with Crippen LogP contribution in [-0.4, -0.2) is 24.8 Å². The molecule has 0 spiro atoms. The maximum atomic E-state index is 12.5. The predicted octanol–water partition coefficient (Wildman–Crippen LogP) is 2.89. The molecule has 25 heavy (non-hydrogen) atoms. The molecule has 1 aliphatic heterocycles. The van der Waals surface area contributed by atoms with E-state index in [1.165, 1.54) is 24.3 Å². The molecule has 1 aliphatic rings. The van der Waals surface area contributed by atoms with Gasteiger partial charge in [-0.25, -0.2) is 4.90 Å². The van der Waals surface area contributed by atoms with Gasteiger partial charge in [0.1, 0.15) is 4.90 Å². The van der Waals surface area contributed by atoms with Crippen LogP contribution in [0.3, 0.4) is 0 Å². The van der Waals surface area contributed by atoms with Crippen molar-refractivity contribution in [2.24, 2.45) is 0 Å². The molecule has 0 saturated heterocycles. The molecule has 0 fully saturated rings. The predicted molar refractivity (Wildman–Crippen MR) is 91.3 cm³/mol. The molecule has 0 aromatic heterocycles. The van der Waals surface area contributed by atoms with E-state index in [0.29, 0.717) is 27.6 Å². The van der Waals surface area contributed by atoms with Crippen molar-refractivity contribution >= 4 is 38.4 Å². The number of fused-ring (bicyclic) bond motifs is 2. The summed E-state index contributed by atoms with van der Waals surface area (Å²) >= 11 is 0. The SMILES string of the molecule is O=C1c2ccccc2C(=O)N1c1ccc2c(S(=O)(=O)O)cccc2c1. The van der Waals surface area contributed by atoms with Gasteiger partial charge in [-0.3, -0.25) is 14.1 Å². The summed E-state index contributed by atoms with van der Waals surface area (Å²) in [6.07, 6.45) is 0. The lowest BCUT2D eigenvalue weighted by Crippen LogP contribution is -2.29. The van der Waals surface area contributed by atoms with Crippen LogP contribution in [-0.2, 0) is 10.1 Å². The Morgan fingerprint density at radius 2 is 1.44 bits per heavy atom. The second kappa shape index (κ2) is 5.23. The summed E-state index contributed by atoms with van der Waals surface area (Å²) in [5, 5.41) is 0.801. The van der Waals surface area contributed by atoms with E-state index < -0.39 is 21.9 Å². The smallest absolute Gasteiger partial charge is 0.282 e. The second-order valence-electron chi connectivity index (χ2n) is 5.63. The molecule has 3 aromatic carbocycles. The molecule has 0 unspecified atom stereocenters. The number of anilines is 1. The van der Waals surface area contributed by atoms with E-state index in [-0.39, 0.29) is 4.90 Å². The Kier molecular flexibility index (Phi) is 3.24. The molecule has 4 rings (SSSR count). The minimum atomic E-state index is -4.37. The van der Waals surface area contributed by atoms with Crippen molar-refractivity contribution in [1.82, 2.24) is 0 Å². The number of carbonyl (C=O) groups is 2. The highest BCUT2D eigenvalue weighted by Crippen LogP contribution is 2.32. The summed E-state index contributed by atoms with van der Waals surface area (Å²) < 4.78 is 32.3. The first-order valence-corrected chi connectivity index (χ1v) is 8.80. The average molecular weight is 353 g/mol. The number of rotatable bonds is 2. The highest BCUT2D eigenvalue weighted by molar-refractivity contribution is 7.86. The third kappa shape index (κ3) is 2.33. The van der Waals surface area contributed by atoms with Crippen LogP contribution in [0, 0.1) is 0 Å². The Morgan fingerprint density at radius 1 is 0.800 bits per heavy atom. The van der Waals surface area contributed by atoms with Crippen molar-refractivity contribution in [2.45, 2.75) is 4.90 Å². The quantitative estimate of drug-likeness (QED) is 0.565. The number of hydrogen-bond donors (Lipinski definition) is 1. The van der Waals surface area contributed by atoms with Crippen molar-refractivity contribution < 1.29 is 22.6 Å². The Labute approximate surface area is 143 Å². The number of carbonyl (C=O) groups excluding carboxylic acids is 2. The zero-order valence-corrected chi connectivity index (χ0v) is 13.5. The van der Waals surface area contributed by atoms with Crippen LogP contribution in [0.4, 0.5) is 5.69 Å². The van der Waals surface area contributed by atoms with E-state index in [0.717, 1.165) is 4.90 Å². The molecule has 6 nitrogen and oxygen atoms in total. The molecule has 7 heteroatoms. The fraction of sp³-hybridized carbons (Fsp3) is 0. The van der Waals surface area contributed by atoms with Gasteiger partial charge in [0.2, 0.25) is 0 Å². The van der Waals surface area contributed by atoms with Crippen LogP contribution in [0.2, 0.25) is 0 Å². The van der Waals surface area contributed by atoms with Gasteiger partial charge in [-0.05, 0) is 35.7 Å². The lowest BCUT2D eigenvalue weighted by atomic mass is 10.1. The zero-order chi connectivity index (χ0) is 17.8. The Balaban J connectivity index is 1.87. The van der Waals surface area contributed by atoms with Gasteiger partial charge in [-0.15, -0.1) is 0 Å². The van der Waals surface area contributed by atoms with E-state index in [1.807, 2.05) is 0 Å². The number of imide groups is 1. The first kappa shape index (κ1) is 15.5. The van der Waals surface area contributed by atoms with Gasteiger partial charge in [0.25, 0.3) is 21.9 Å². The fourth-order valence-electron chi connectivity index (χ4n) is 3.03. The van der Waals surface area contributed by atoms with E-state index >= 15 is 0 Å². The summed E-state index contributed by atoms with van der Waals surface area (Å²) in [5.41, 5.74) is 1.00. The lowest BCUT2D eigenvalue weighted by Gasteiger charge is -2.15. The minimum Gasteiger partial charge on any atom is -0.282 e. The second-order valence-corrected chi connectivity index (χ2v) is 7.02. The number of nitrogens with zero attached hydrogens (tertiary/aromatic N) is 1. The Bertz CT molecular complexity index is 1130. The highest BCUT2D eigenvalue weighted by atomic mass is 32.2. The van der Waals surface area contributed by atoms with E-state index in [2.05, 4.69) is 0 Å². The fourth-order valence-corrected chi connectivity index (χ4v) is 3.74. The van der Waals surface area contributed by atoms with Crippen LogP contribution in [0.5, 0.6) is 0 Å². The largest absolute Gasteiger partial charge is 0.295 e. The molecule has 2 amide bonds. The summed E-state index contributed by atoms with van der Waals surface area (Å²) in [6, 6.07) is 15.5. The van der Waals surface area contributed by atoms with Gasteiger partial charge in [-0.1, -0.05) is 30.3 Å². The van der Waals surface area contributed by atoms with Gasteiger partial charge in [0.15, 0.2) is 0 Å². The average Bonchev–Trinajstić information content (AvgIpc) is 2.84. The van der Waals surface area contributed by atoms with Gasteiger partial charge in [0, 0.05) is 5.39 Å². The standard InChI is InChI=1S/C18H11NO5S/c20-17-14-5-1-2-6-15(14)18(21)19(17)12-8-9-13-11(10-12)4-3-7-16(13)25(22,23)24/h1-10H,(H,22,23,24). The molecule has 0 atom stereocenters. The molecule has 1 N–H and O–H groups in total. The van der Waals surface area contributed by atoms with Crippen LogP contribution in [0.25, 0.3) is 10.8 Å². The van der Waals surface area contributed by atoms with E-state index in [9.17, 15) is 22.6 Å². The molecule has 3 aromatic rings. The van der Waals surface area contributed by atoms with Crippen molar-refractivity contribution in [3.63, 3.8) is 0 Å². The molecule has 0 bridgehead atoms. The van der Waals surface area contributed by atoms with Crippen LogP contribution in [0.15, 0.2) is 65.6 Å². The highest BCUT2D eigenvalue weighted by Gasteiger charge is 2.36. The number of hydrogen-bond acceptors (Lipinski definition) is 4. The summed E-state index contributed by atoms with van der Waals surface area (Å²) in [7, 11) is -4.37. The van der Waals surface area contributed by atoms with E-state index in [1.54, 1.807) is 36.4 Å². The van der Waals surface area contributed by atoms with Gasteiger partial charge >= 0.3 is 0 Å². The van der Waals surface area contributed by atoms with Crippen LogP contribution >= 0.6 is 0 Å². The van der Waals surface area contributed by atoms with Crippen LogP contribution in [0.1, 0.15) is 20.7 Å². The monoisotopic (exact) mass is 353 g/mol. The first-order valence-electron chi connectivity index (χ1n) is 7.36. The molecular weight excluding hydrogens is 342 g/mol. The summed E-state index contributed by atoms with van der Waals surface area (Å²) in [4.78, 5) is 25.9. The third-order valence-electron chi connectivity index (χ3n) is 4.15. The lowest BCUT2D eigenvalue weighted by molar-refractivity contribution is 0.0926. The van der Waals surface area contributed by atoms with Crippen molar-refractivity contribution in [1.29, 1.82) is 0 Å². The maximum Gasteiger partial charge on any atom is 0.295 e. The molecule has 1 heterocycles. The minimum absolute atomic E-state index is 0.223. The first-order chi connectivity index (χ1) is 11.9. The van der Waals surface area contributed by atoms with Gasteiger partial charge in [0.05, 0.1) is 16.8 Å². The van der Waals surface area contributed by atoms with E-state index in [4.69, 9.17) is 0 Å². The number of amides is 2. The van der Waals surface area contributed by atoms with Crippen molar-refractivity contribution in [3.05, 3.63) is 71.8 Å². The molecule has 124 valence electrons. The van der Waals surface area contributed by atoms with Crippen molar-refractivity contribution in [2.75, 3.05) is 4.90 Å². The van der Waals surface area contributed by atoms with Gasteiger partial charge < -0.3 is 0 Å². The maximum absolute atomic E-state index is 12.5. The van der Waals surface area contributed by atoms with Crippen molar-refractivity contribution in [3.8, 4) is 0 Å². The topological polar surface area (TPSA) is 91.8 Å². The summed E-state index contributed by atoms with van der Waals surface area (Å²) in [6.45, 7) is 0. The molecule has 0 aliphatic carbocycles. The Morgan fingerprint density at radius 3 is 2.04 bits per heavy atom. The van der Waals surface area contributed by atoms with Crippen LogP contribution < -0.4 is 4.90 Å². The van der Waals surface area contributed by atoms with Gasteiger partial charge in [-0.2, -0.15) is 8.42 Å². The summed E-state index contributed by atoms with van der Waals surface area (Å²) in [5.74, 6) is -0.850. The molecular formula is C18H11NO5S. The molecule has 0 radical (unpaired) electrons. The molecule has 0 saturated carbocycles. The Hall–Kier alpha value is -3.03. The number of benzene rings is 3. The zero-order valence-electron chi connectivity index (χ0n) is 12.7.